The molecule has 0 radical (unpaired) electrons. The second-order valence-corrected chi connectivity index (χ2v) is 2.98. The predicted molar refractivity (Wildman–Crippen MR) is 49.9 cm³/mol. The zero-order chi connectivity index (χ0) is 12.3. The number of ether oxygens (including phenoxy) is 1. The Labute approximate surface area is 88.7 Å². The topological polar surface area (TPSA) is 79.4 Å². The molecule has 0 saturated heterocycles. The largest absolute Gasteiger partial charge is 0.482 e. The van der Waals surface area contributed by atoms with E-state index in [0.717, 1.165) is 13.2 Å². The van der Waals surface area contributed by atoms with Gasteiger partial charge in [0, 0.05) is 5.56 Å². The standard InChI is InChI=1S/C9H9F2NO4/c1-16-9-5(7(10)11)2-4(3-6(13)14)8(15)12-9/h2,7H,3H2,1H3,(H,12,15)(H,13,14). The summed E-state index contributed by atoms with van der Waals surface area (Å²) in [5.41, 5.74) is -1.51. The fourth-order valence-corrected chi connectivity index (χ4v) is 1.20. The first kappa shape index (κ1) is 12.2. The smallest absolute Gasteiger partial charge is 0.308 e. The van der Waals surface area contributed by atoms with Crippen molar-refractivity contribution in [2.24, 2.45) is 0 Å². The van der Waals surface area contributed by atoms with Gasteiger partial charge in [-0.05, 0) is 6.07 Å². The van der Waals surface area contributed by atoms with Crippen molar-refractivity contribution >= 4 is 5.97 Å². The Morgan fingerprint density at radius 1 is 1.62 bits per heavy atom. The number of aromatic amines is 1. The van der Waals surface area contributed by atoms with Gasteiger partial charge in [-0.1, -0.05) is 0 Å². The van der Waals surface area contributed by atoms with Crippen molar-refractivity contribution < 1.29 is 23.4 Å². The van der Waals surface area contributed by atoms with Crippen molar-refractivity contribution in [3.05, 3.63) is 27.5 Å². The molecule has 0 amide bonds. The van der Waals surface area contributed by atoms with Gasteiger partial charge >= 0.3 is 5.97 Å². The van der Waals surface area contributed by atoms with Crippen LogP contribution in [0.3, 0.4) is 0 Å². The number of methoxy groups -OCH3 is 1. The van der Waals surface area contributed by atoms with Gasteiger partial charge in [0.05, 0.1) is 19.1 Å². The molecule has 1 rings (SSSR count). The summed E-state index contributed by atoms with van der Waals surface area (Å²) >= 11 is 0. The van der Waals surface area contributed by atoms with Gasteiger partial charge in [-0.25, -0.2) is 8.78 Å². The van der Waals surface area contributed by atoms with E-state index in [4.69, 9.17) is 5.11 Å². The summed E-state index contributed by atoms with van der Waals surface area (Å²) in [5.74, 6) is -1.62. The molecule has 0 bridgehead atoms. The molecule has 1 aromatic heterocycles. The molecule has 7 heteroatoms. The molecule has 0 aliphatic heterocycles. The molecular formula is C9H9F2NO4. The third-order valence-electron chi connectivity index (χ3n) is 1.89. The summed E-state index contributed by atoms with van der Waals surface area (Å²) in [7, 11) is 1.13. The Morgan fingerprint density at radius 3 is 2.69 bits per heavy atom. The number of carboxylic acid groups (broad SMARTS) is 1. The monoisotopic (exact) mass is 233 g/mol. The summed E-state index contributed by atoms with van der Waals surface area (Å²) in [4.78, 5) is 23.7. The van der Waals surface area contributed by atoms with Crippen molar-refractivity contribution in [1.82, 2.24) is 4.98 Å². The van der Waals surface area contributed by atoms with Gasteiger partial charge in [0.15, 0.2) is 0 Å². The van der Waals surface area contributed by atoms with E-state index in [9.17, 15) is 18.4 Å². The number of nitrogens with one attached hydrogen (secondary N) is 1. The third-order valence-corrected chi connectivity index (χ3v) is 1.89. The molecule has 0 aliphatic carbocycles. The molecule has 1 aromatic rings. The Bertz CT molecular complexity index is 455. The number of alkyl halides is 2. The molecule has 0 aromatic carbocycles. The quantitative estimate of drug-likeness (QED) is 0.811. The second-order valence-electron chi connectivity index (χ2n) is 2.98. The van der Waals surface area contributed by atoms with Crippen LogP contribution in [0.5, 0.6) is 5.88 Å². The lowest BCUT2D eigenvalue weighted by atomic mass is 10.1. The van der Waals surface area contributed by atoms with Crippen LogP contribution < -0.4 is 10.3 Å². The number of aromatic nitrogens is 1. The highest BCUT2D eigenvalue weighted by Gasteiger charge is 2.18. The zero-order valence-electron chi connectivity index (χ0n) is 8.29. The van der Waals surface area contributed by atoms with Crippen molar-refractivity contribution in [3.63, 3.8) is 0 Å². The number of hydrogen-bond acceptors (Lipinski definition) is 3. The van der Waals surface area contributed by atoms with Crippen molar-refractivity contribution in [3.8, 4) is 5.88 Å². The summed E-state index contributed by atoms with van der Waals surface area (Å²) < 4.78 is 29.6. The van der Waals surface area contributed by atoms with E-state index in [1.54, 1.807) is 0 Å². The van der Waals surface area contributed by atoms with E-state index in [1.807, 2.05) is 0 Å². The van der Waals surface area contributed by atoms with Crippen LogP contribution in [0.25, 0.3) is 0 Å². The minimum Gasteiger partial charge on any atom is -0.482 e. The lowest BCUT2D eigenvalue weighted by Crippen LogP contribution is -2.18. The van der Waals surface area contributed by atoms with E-state index >= 15 is 0 Å². The van der Waals surface area contributed by atoms with Crippen LogP contribution in [-0.4, -0.2) is 23.2 Å². The lowest BCUT2D eigenvalue weighted by molar-refractivity contribution is -0.136. The van der Waals surface area contributed by atoms with E-state index in [2.05, 4.69) is 9.72 Å². The number of halogens is 2. The molecule has 5 nitrogen and oxygen atoms in total. The van der Waals surface area contributed by atoms with Crippen LogP contribution in [-0.2, 0) is 11.2 Å². The second kappa shape index (κ2) is 4.73. The van der Waals surface area contributed by atoms with Gasteiger partial charge in [0.1, 0.15) is 0 Å². The molecule has 0 saturated carbocycles. The minimum absolute atomic E-state index is 0.233. The maximum absolute atomic E-state index is 12.5. The van der Waals surface area contributed by atoms with Gasteiger partial charge in [-0.3, -0.25) is 14.6 Å². The number of pyridine rings is 1. The van der Waals surface area contributed by atoms with Gasteiger partial charge < -0.3 is 9.84 Å². The van der Waals surface area contributed by atoms with Crippen molar-refractivity contribution in [2.45, 2.75) is 12.8 Å². The molecule has 0 fully saturated rings. The molecule has 0 spiro atoms. The molecule has 0 aliphatic rings. The fraction of sp³-hybridized carbons (Fsp3) is 0.333. The Morgan fingerprint density at radius 2 is 2.25 bits per heavy atom. The maximum Gasteiger partial charge on any atom is 0.308 e. The number of carboxylic acids is 1. The average Bonchev–Trinajstić information content (AvgIpc) is 2.19. The molecular weight excluding hydrogens is 224 g/mol. The van der Waals surface area contributed by atoms with Gasteiger partial charge in [0.25, 0.3) is 12.0 Å². The van der Waals surface area contributed by atoms with Crippen LogP contribution in [0.15, 0.2) is 10.9 Å². The minimum atomic E-state index is -2.85. The molecule has 1 heterocycles. The highest BCUT2D eigenvalue weighted by atomic mass is 19.3. The molecule has 0 atom stereocenters. The molecule has 88 valence electrons. The van der Waals surface area contributed by atoms with E-state index in [0.29, 0.717) is 0 Å². The van der Waals surface area contributed by atoms with E-state index < -0.39 is 29.9 Å². The SMILES string of the molecule is COc1[nH]c(=O)c(CC(=O)O)cc1C(F)F. The molecule has 16 heavy (non-hydrogen) atoms. The predicted octanol–water partition coefficient (Wildman–Crippen LogP) is 0.948. The average molecular weight is 233 g/mol. The van der Waals surface area contributed by atoms with Crippen molar-refractivity contribution in [1.29, 1.82) is 0 Å². The summed E-state index contributed by atoms with van der Waals surface area (Å²) in [5, 5.41) is 8.48. The first-order valence-corrected chi connectivity index (χ1v) is 4.25. The highest BCUT2D eigenvalue weighted by Crippen LogP contribution is 2.26. The van der Waals surface area contributed by atoms with E-state index in [1.165, 1.54) is 0 Å². The first-order chi connectivity index (χ1) is 7.45. The van der Waals surface area contributed by atoms with Crippen LogP contribution in [0.1, 0.15) is 17.6 Å². The Hall–Kier alpha value is -1.92. The van der Waals surface area contributed by atoms with E-state index in [-0.39, 0.29) is 11.4 Å². The molecule has 2 N–H and O–H groups in total. The van der Waals surface area contributed by atoms with Crippen LogP contribution in [0, 0.1) is 0 Å². The van der Waals surface area contributed by atoms with Crippen LogP contribution in [0.4, 0.5) is 8.78 Å². The lowest BCUT2D eigenvalue weighted by Gasteiger charge is -2.08. The van der Waals surface area contributed by atoms with Gasteiger partial charge in [0.2, 0.25) is 5.88 Å². The summed E-state index contributed by atoms with van der Waals surface area (Å²) in [6.45, 7) is 0. The number of carbonyl (C=O) groups is 1. The highest BCUT2D eigenvalue weighted by molar-refractivity contribution is 5.70. The Kier molecular flexibility index (Phi) is 3.60. The maximum atomic E-state index is 12.5. The third kappa shape index (κ3) is 2.56. The zero-order valence-corrected chi connectivity index (χ0v) is 8.29. The van der Waals surface area contributed by atoms with Crippen LogP contribution >= 0.6 is 0 Å². The van der Waals surface area contributed by atoms with Crippen LogP contribution in [0.2, 0.25) is 0 Å². The summed E-state index contributed by atoms with van der Waals surface area (Å²) in [6, 6.07) is 0.844. The number of rotatable bonds is 4. The van der Waals surface area contributed by atoms with Gasteiger partial charge in [-0.2, -0.15) is 0 Å². The summed E-state index contributed by atoms with van der Waals surface area (Å²) in [6.07, 6.45) is -3.46. The number of H-pyrrole nitrogens is 1. The molecule has 0 unspecified atom stereocenters. The normalized spacial score (nSPS) is 10.5. The number of hydrogen-bond donors (Lipinski definition) is 2. The van der Waals surface area contributed by atoms with Crippen molar-refractivity contribution in [2.75, 3.05) is 7.11 Å². The van der Waals surface area contributed by atoms with Gasteiger partial charge in [-0.15, -0.1) is 0 Å². The fourth-order valence-electron chi connectivity index (χ4n) is 1.20. The Balaban J connectivity index is 3.27. The number of aliphatic carboxylic acids is 1. The first-order valence-electron chi connectivity index (χ1n) is 4.25.